The van der Waals surface area contributed by atoms with E-state index in [1.54, 1.807) is 61.4 Å². The molecule has 50 heavy (non-hydrogen) atoms. The van der Waals surface area contributed by atoms with Gasteiger partial charge >= 0.3 is 23.8 Å². The second-order valence-corrected chi connectivity index (χ2v) is 13.3. The number of nitrogens with one attached hydrogen (secondary N) is 3. The number of carbonyl (C=O) groups is 8. The van der Waals surface area contributed by atoms with Gasteiger partial charge in [0.15, 0.2) is 0 Å². The van der Waals surface area contributed by atoms with Gasteiger partial charge in [0.25, 0.3) is 12.3 Å². The lowest BCUT2D eigenvalue weighted by Gasteiger charge is -2.56. The summed E-state index contributed by atoms with van der Waals surface area (Å²) in [5.74, 6) is -4.81. The second-order valence-electron chi connectivity index (χ2n) is 11.2. The van der Waals surface area contributed by atoms with Crippen molar-refractivity contribution < 1.29 is 48.1 Å². The minimum Gasteiger partial charge on any atom is -0.477 e. The SMILES string of the molecule is CCN1CCN(C(=O)N[C@@H](C(=O)N[C@]2(NC=O)C(=O)N3C(C(=O)O)=C(CSc4cc[n+](N(C)C=O)cc4)CS[C@@H]32)c2ccccc2)C(=O)C1=O. The number of imide groups is 1. The van der Waals surface area contributed by atoms with Crippen molar-refractivity contribution in [3.63, 3.8) is 0 Å². The van der Waals surface area contributed by atoms with E-state index in [1.807, 2.05) is 0 Å². The molecule has 0 unspecified atom stereocenters. The van der Waals surface area contributed by atoms with Crippen molar-refractivity contribution in [2.75, 3.05) is 43.2 Å². The predicted octanol–water partition coefficient (Wildman–Crippen LogP) is -1.26. The summed E-state index contributed by atoms with van der Waals surface area (Å²) >= 11 is 2.45. The first-order valence-corrected chi connectivity index (χ1v) is 17.2. The number of hydrogen-bond donors (Lipinski definition) is 4. The van der Waals surface area contributed by atoms with Gasteiger partial charge in [-0.15, -0.1) is 28.5 Å². The van der Waals surface area contributed by atoms with Crippen LogP contribution < -0.4 is 25.6 Å². The number of likely N-dealkylation sites (N-methyl/N-ethyl adjacent to an activating group) is 1. The van der Waals surface area contributed by atoms with Gasteiger partial charge in [-0.2, -0.15) is 0 Å². The highest BCUT2D eigenvalue weighted by atomic mass is 32.2. The fourth-order valence-corrected chi connectivity index (χ4v) is 8.08. The molecule has 17 nitrogen and oxygen atoms in total. The number of urea groups is 1. The molecule has 5 rings (SSSR count). The quantitative estimate of drug-likeness (QED) is 0.0479. The molecule has 2 aromatic rings. The number of thioether (sulfide) groups is 2. The van der Waals surface area contributed by atoms with E-state index in [-0.39, 0.29) is 48.8 Å². The third kappa shape index (κ3) is 6.73. The minimum absolute atomic E-state index is 0.108. The Kier molecular flexibility index (Phi) is 10.8. The summed E-state index contributed by atoms with van der Waals surface area (Å²) in [7, 11) is 1.57. The molecule has 2 fully saturated rings. The number of carbonyl (C=O) groups excluding carboxylic acids is 7. The van der Waals surface area contributed by atoms with E-state index in [9.17, 15) is 43.5 Å². The van der Waals surface area contributed by atoms with Crippen molar-refractivity contribution in [3.05, 3.63) is 71.7 Å². The molecule has 4 N–H and O–H groups in total. The van der Waals surface area contributed by atoms with Crippen LogP contribution in [0.25, 0.3) is 0 Å². The summed E-state index contributed by atoms with van der Waals surface area (Å²) in [5.41, 5.74) is -1.66. The largest absolute Gasteiger partial charge is 0.477 e. The van der Waals surface area contributed by atoms with Gasteiger partial charge in [0.2, 0.25) is 30.4 Å². The first kappa shape index (κ1) is 35.9. The maximum Gasteiger partial charge on any atom is 0.352 e. The molecule has 2 saturated heterocycles. The molecule has 0 bridgehead atoms. The Balaban J connectivity index is 1.36. The minimum atomic E-state index is -2.07. The Hall–Kier alpha value is -5.43. The van der Waals surface area contributed by atoms with Crippen LogP contribution in [0.15, 0.2) is 71.0 Å². The van der Waals surface area contributed by atoms with Crippen molar-refractivity contribution in [1.29, 1.82) is 0 Å². The van der Waals surface area contributed by atoms with E-state index in [0.29, 0.717) is 16.9 Å². The molecule has 3 aliphatic heterocycles. The number of aromatic nitrogens is 1. The van der Waals surface area contributed by atoms with Crippen LogP contribution in [0.1, 0.15) is 18.5 Å². The lowest BCUT2D eigenvalue weighted by atomic mass is 9.94. The number of amides is 8. The Morgan fingerprint density at radius 2 is 1.80 bits per heavy atom. The number of β-lactam (4-membered cyclic amide) rings is 1. The molecule has 0 radical (unpaired) electrons. The van der Waals surface area contributed by atoms with E-state index >= 15 is 0 Å². The molecule has 8 amide bonds. The van der Waals surface area contributed by atoms with Crippen molar-refractivity contribution in [2.24, 2.45) is 0 Å². The number of nitrogens with zero attached hydrogens (tertiary/aromatic N) is 5. The van der Waals surface area contributed by atoms with E-state index in [4.69, 9.17) is 0 Å². The molecule has 262 valence electrons. The Morgan fingerprint density at radius 1 is 1.10 bits per heavy atom. The fourth-order valence-electron chi connectivity index (χ4n) is 5.63. The number of pyridine rings is 1. The summed E-state index contributed by atoms with van der Waals surface area (Å²) < 4.78 is 1.55. The van der Waals surface area contributed by atoms with Crippen molar-refractivity contribution in [1.82, 2.24) is 30.7 Å². The standard InChI is InChI=1S/C31H32N8O9S2/c1-3-36-13-14-38(26(44)25(36)43)30(48)33-22(19-7-5-4-6-8-19)24(42)34-31(32-17-40)28(47)39-23(27(45)46)20(16-50-29(31)39)15-49-21-9-11-37(12-10-21)35(2)18-41/h4-12,17-18,22,29H,3,13-16H2,1-2H3,(H3-,32,33,34,40,42,45,46,48)/p+1/t22-,29-,31-/m1/s1. The summed E-state index contributed by atoms with van der Waals surface area (Å²) in [6, 6.07) is 8.90. The number of aliphatic carboxylic acids is 1. The van der Waals surface area contributed by atoms with Crippen LogP contribution >= 0.6 is 23.5 Å². The van der Waals surface area contributed by atoms with Crippen LogP contribution in [0.5, 0.6) is 0 Å². The van der Waals surface area contributed by atoms with E-state index in [0.717, 1.165) is 21.6 Å². The van der Waals surface area contributed by atoms with Gasteiger partial charge in [-0.1, -0.05) is 35.0 Å². The zero-order chi connectivity index (χ0) is 36.2. The molecule has 4 heterocycles. The monoisotopic (exact) mass is 725 g/mol. The van der Waals surface area contributed by atoms with Crippen LogP contribution in [0.2, 0.25) is 0 Å². The first-order chi connectivity index (χ1) is 24.0. The highest BCUT2D eigenvalue weighted by molar-refractivity contribution is 8.01. The molecular formula is C31H33N8O9S2+. The van der Waals surface area contributed by atoms with Gasteiger partial charge in [0, 0.05) is 48.2 Å². The molecule has 0 aliphatic carbocycles. The van der Waals surface area contributed by atoms with Crippen molar-refractivity contribution in [2.45, 2.75) is 28.9 Å². The van der Waals surface area contributed by atoms with Gasteiger partial charge in [0.05, 0.1) is 7.05 Å². The van der Waals surface area contributed by atoms with Crippen molar-refractivity contribution in [3.8, 4) is 0 Å². The summed E-state index contributed by atoms with van der Waals surface area (Å²) in [4.78, 5) is 105. The smallest absolute Gasteiger partial charge is 0.352 e. The Bertz CT molecular complexity index is 1760. The number of piperazine rings is 1. The van der Waals surface area contributed by atoms with Crippen LogP contribution in [-0.4, -0.2) is 117 Å². The molecule has 1 aromatic heterocycles. The van der Waals surface area contributed by atoms with Gasteiger partial charge in [-0.25, -0.2) is 9.59 Å². The Labute approximate surface area is 294 Å². The van der Waals surface area contributed by atoms with E-state index in [2.05, 4.69) is 16.0 Å². The fraction of sp³-hybridized carbons (Fsp3) is 0.323. The second kappa shape index (κ2) is 15.0. The molecule has 0 saturated carbocycles. The highest BCUT2D eigenvalue weighted by Crippen LogP contribution is 2.46. The maximum absolute atomic E-state index is 13.9. The average molecular weight is 726 g/mol. The highest BCUT2D eigenvalue weighted by Gasteiger charge is 2.66. The molecule has 0 spiro atoms. The predicted molar refractivity (Wildman–Crippen MR) is 177 cm³/mol. The average Bonchev–Trinajstić information content (AvgIpc) is 3.13. The Morgan fingerprint density at radius 3 is 2.42 bits per heavy atom. The maximum atomic E-state index is 13.9. The molecule has 3 atom stereocenters. The summed E-state index contributed by atoms with van der Waals surface area (Å²) in [5, 5.41) is 17.8. The molecule has 1 aromatic carbocycles. The van der Waals surface area contributed by atoms with Gasteiger partial charge in [0.1, 0.15) is 17.1 Å². The number of carboxylic acid groups (broad SMARTS) is 1. The van der Waals surface area contributed by atoms with Gasteiger partial charge in [-0.3, -0.25) is 38.6 Å². The summed E-state index contributed by atoms with van der Waals surface area (Å²) in [6.07, 6.45) is 4.16. The number of fused-ring (bicyclic) bond motifs is 1. The zero-order valence-electron chi connectivity index (χ0n) is 26.8. The molecular weight excluding hydrogens is 693 g/mol. The third-order valence-electron chi connectivity index (χ3n) is 8.27. The number of carboxylic acids is 1. The van der Waals surface area contributed by atoms with Crippen LogP contribution in [0.4, 0.5) is 4.79 Å². The van der Waals surface area contributed by atoms with E-state index in [1.165, 1.54) is 33.8 Å². The third-order valence-corrected chi connectivity index (χ3v) is 10.8. The van der Waals surface area contributed by atoms with Crippen LogP contribution in [0.3, 0.4) is 0 Å². The lowest BCUT2D eigenvalue weighted by molar-refractivity contribution is -0.679. The van der Waals surface area contributed by atoms with E-state index < -0.39 is 52.7 Å². The normalized spacial score (nSPS) is 20.7. The van der Waals surface area contributed by atoms with Gasteiger partial charge < -0.3 is 26.0 Å². The van der Waals surface area contributed by atoms with Gasteiger partial charge in [-0.05, 0) is 18.1 Å². The molecule has 19 heteroatoms. The molecule has 3 aliphatic rings. The number of rotatable bonds is 13. The number of hydrogen-bond acceptors (Lipinski definition) is 10. The zero-order valence-corrected chi connectivity index (χ0v) is 28.4. The van der Waals surface area contributed by atoms with Crippen LogP contribution in [-0.2, 0) is 33.6 Å². The lowest BCUT2D eigenvalue weighted by Crippen LogP contribution is -2.85. The number of benzene rings is 1. The topological polar surface area (TPSA) is 210 Å². The van der Waals surface area contributed by atoms with Crippen LogP contribution in [0, 0.1) is 0 Å². The van der Waals surface area contributed by atoms with Crippen molar-refractivity contribution >= 4 is 72.0 Å². The first-order valence-electron chi connectivity index (χ1n) is 15.2. The summed E-state index contributed by atoms with van der Waals surface area (Å²) in [6.45, 7) is 1.97.